The summed E-state index contributed by atoms with van der Waals surface area (Å²) in [5, 5.41) is 13.0. The number of hydrogen-bond acceptors (Lipinski definition) is 5. The minimum absolute atomic E-state index is 0.120. The second-order valence-corrected chi connectivity index (χ2v) is 6.58. The molecule has 1 aliphatic rings. The molecule has 0 bridgehead atoms. The maximum Gasteiger partial charge on any atom is 0.239 e. The molecule has 0 aliphatic heterocycles. The van der Waals surface area contributed by atoms with Gasteiger partial charge in [-0.3, -0.25) is 0 Å². The van der Waals surface area contributed by atoms with Gasteiger partial charge in [-0.25, -0.2) is 0 Å². The Balaban J connectivity index is 2.18. The molecule has 20 heavy (non-hydrogen) atoms. The van der Waals surface area contributed by atoms with E-state index in [0.717, 1.165) is 25.7 Å². The Kier molecular flexibility index (Phi) is 4.09. The number of rotatable bonds is 4. The first kappa shape index (κ1) is 14.9. The largest absolute Gasteiger partial charge is 0.470 e. The summed E-state index contributed by atoms with van der Waals surface area (Å²) < 4.78 is 5.77. The quantitative estimate of drug-likeness (QED) is 0.789. The lowest BCUT2D eigenvalue weighted by molar-refractivity contribution is 0.125. The smallest absolute Gasteiger partial charge is 0.239 e. The zero-order valence-corrected chi connectivity index (χ0v) is 12.6. The molecule has 4 N–H and O–H groups in total. The van der Waals surface area contributed by atoms with Crippen LogP contribution < -0.4 is 15.8 Å². The summed E-state index contributed by atoms with van der Waals surface area (Å²) in [6.07, 6.45) is 4.19. The molecule has 0 unspecified atom stereocenters. The van der Waals surface area contributed by atoms with Crippen LogP contribution in [0.25, 0.3) is 0 Å². The molecule has 1 fully saturated rings. The minimum atomic E-state index is -0.345. The van der Waals surface area contributed by atoms with E-state index in [1.165, 1.54) is 0 Å². The van der Waals surface area contributed by atoms with Crippen molar-refractivity contribution < 1.29 is 9.84 Å². The molecule has 112 valence electrons. The number of aliphatic hydroxyl groups excluding tert-OH is 1. The van der Waals surface area contributed by atoms with Gasteiger partial charge >= 0.3 is 0 Å². The van der Waals surface area contributed by atoms with Crippen LogP contribution in [0.2, 0.25) is 0 Å². The predicted octanol–water partition coefficient (Wildman–Crippen LogP) is 2.56. The van der Waals surface area contributed by atoms with Crippen LogP contribution in [0.4, 0.5) is 11.5 Å². The van der Waals surface area contributed by atoms with Gasteiger partial charge in [0.25, 0.3) is 0 Å². The first-order valence-corrected chi connectivity index (χ1v) is 7.18. The van der Waals surface area contributed by atoms with Crippen LogP contribution in [0, 0.1) is 0 Å². The van der Waals surface area contributed by atoms with Gasteiger partial charge in [0, 0.05) is 0 Å². The highest BCUT2D eigenvalue weighted by Crippen LogP contribution is 2.33. The standard InChI is InChI=1S/C15H25N3O2/c1-14(2,3)20-13-11(16)6-7-12(17-13)18-15(10-19)8-4-5-9-15/h6-7,19H,4-5,8-10,16H2,1-3H3,(H,17,18). The average molecular weight is 279 g/mol. The number of nitrogens with two attached hydrogens (primary N) is 1. The Morgan fingerprint density at radius 3 is 2.55 bits per heavy atom. The molecule has 5 heteroatoms. The molecule has 1 heterocycles. The first-order valence-electron chi connectivity index (χ1n) is 7.18. The normalized spacial score (nSPS) is 18.0. The van der Waals surface area contributed by atoms with Crippen molar-refractivity contribution in [3.63, 3.8) is 0 Å². The lowest BCUT2D eigenvalue weighted by Crippen LogP contribution is -2.39. The highest BCUT2D eigenvalue weighted by Gasteiger charge is 2.33. The molecule has 0 radical (unpaired) electrons. The van der Waals surface area contributed by atoms with Crippen LogP contribution in [0.5, 0.6) is 5.88 Å². The van der Waals surface area contributed by atoms with Crippen LogP contribution in [0.3, 0.4) is 0 Å². The Labute approximate surface area is 120 Å². The van der Waals surface area contributed by atoms with Gasteiger partial charge in [-0.2, -0.15) is 4.98 Å². The summed E-state index contributed by atoms with van der Waals surface area (Å²) in [5.41, 5.74) is 5.84. The summed E-state index contributed by atoms with van der Waals surface area (Å²) in [6.45, 7) is 6.00. The third-order valence-corrected chi connectivity index (χ3v) is 3.55. The van der Waals surface area contributed by atoms with E-state index in [2.05, 4.69) is 10.3 Å². The molecule has 1 saturated carbocycles. The van der Waals surface area contributed by atoms with Crippen molar-refractivity contribution in [1.29, 1.82) is 0 Å². The predicted molar refractivity (Wildman–Crippen MR) is 80.9 cm³/mol. The van der Waals surface area contributed by atoms with E-state index in [1.807, 2.05) is 26.8 Å². The molecule has 0 spiro atoms. The molecular formula is C15H25N3O2. The number of aromatic nitrogens is 1. The van der Waals surface area contributed by atoms with Crippen molar-refractivity contribution in [2.45, 2.75) is 57.6 Å². The second kappa shape index (κ2) is 5.48. The number of nitrogen functional groups attached to an aromatic ring is 1. The van der Waals surface area contributed by atoms with E-state index in [9.17, 15) is 5.11 Å². The van der Waals surface area contributed by atoms with Gasteiger partial charge in [0.05, 0.1) is 17.8 Å². The molecule has 0 atom stereocenters. The van der Waals surface area contributed by atoms with E-state index in [-0.39, 0.29) is 17.7 Å². The lowest BCUT2D eigenvalue weighted by atomic mass is 9.99. The number of anilines is 2. The Hall–Kier alpha value is -1.49. The third kappa shape index (κ3) is 3.54. The van der Waals surface area contributed by atoms with E-state index in [4.69, 9.17) is 10.5 Å². The number of nitrogens with one attached hydrogen (secondary N) is 1. The topological polar surface area (TPSA) is 80.4 Å². The van der Waals surface area contributed by atoms with Crippen molar-refractivity contribution >= 4 is 11.5 Å². The van der Waals surface area contributed by atoms with Gasteiger partial charge in [-0.15, -0.1) is 0 Å². The molecule has 0 amide bonds. The van der Waals surface area contributed by atoms with Gasteiger partial charge in [-0.1, -0.05) is 12.8 Å². The molecule has 2 rings (SSSR count). The minimum Gasteiger partial charge on any atom is -0.470 e. The van der Waals surface area contributed by atoms with Crippen LogP contribution in [-0.4, -0.2) is 27.8 Å². The number of aliphatic hydroxyl groups is 1. The summed E-state index contributed by atoms with van der Waals surface area (Å²) in [5.74, 6) is 1.14. The summed E-state index contributed by atoms with van der Waals surface area (Å²) in [7, 11) is 0. The van der Waals surface area contributed by atoms with Crippen LogP contribution in [-0.2, 0) is 0 Å². The lowest BCUT2D eigenvalue weighted by Gasteiger charge is -2.29. The van der Waals surface area contributed by atoms with Gasteiger partial charge < -0.3 is 20.9 Å². The van der Waals surface area contributed by atoms with Crippen molar-refractivity contribution in [3.05, 3.63) is 12.1 Å². The third-order valence-electron chi connectivity index (χ3n) is 3.55. The van der Waals surface area contributed by atoms with Crippen LogP contribution >= 0.6 is 0 Å². The van der Waals surface area contributed by atoms with Crippen molar-refractivity contribution in [1.82, 2.24) is 4.98 Å². The van der Waals surface area contributed by atoms with Gasteiger partial charge in [0.15, 0.2) is 0 Å². The number of ether oxygens (including phenoxy) is 1. The maximum absolute atomic E-state index is 9.64. The van der Waals surface area contributed by atoms with Crippen molar-refractivity contribution in [3.8, 4) is 5.88 Å². The zero-order valence-electron chi connectivity index (χ0n) is 12.6. The average Bonchev–Trinajstić information content (AvgIpc) is 2.81. The van der Waals surface area contributed by atoms with E-state index in [1.54, 1.807) is 6.07 Å². The second-order valence-electron chi connectivity index (χ2n) is 6.58. The van der Waals surface area contributed by atoms with Crippen LogP contribution in [0.1, 0.15) is 46.5 Å². The van der Waals surface area contributed by atoms with Gasteiger partial charge in [0.2, 0.25) is 5.88 Å². The highest BCUT2D eigenvalue weighted by molar-refractivity contribution is 5.54. The fourth-order valence-electron chi connectivity index (χ4n) is 2.54. The number of hydrogen-bond donors (Lipinski definition) is 3. The molecule has 1 aromatic heterocycles. The maximum atomic E-state index is 9.64. The number of nitrogens with zero attached hydrogens (tertiary/aromatic N) is 1. The monoisotopic (exact) mass is 279 g/mol. The van der Waals surface area contributed by atoms with Gasteiger partial charge in [0.1, 0.15) is 11.4 Å². The highest BCUT2D eigenvalue weighted by atomic mass is 16.5. The van der Waals surface area contributed by atoms with E-state index in [0.29, 0.717) is 17.4 Å². The van der Waals surface area contributed by atoms with Crippen molar-refractivity contribution in [2.24, 2.45) is 0 Å². The summed E-state index contributed by atoms with van der Waals surface area (Å²) in [4.78, 5) is 4.44. The SMILES string of the molecule is CC(C)(C)Oc1nc(NC2(CO)CCCC2)ccc1N. The van der Waals surface area contributed by atoms with E-state index < -0.39 is 0 Å². The fraction of sp³-hybridized carbons (Fsp3) is 0.667. The fourth-order valence-corrected chi connectivity index (χ4v) is 2.54. The molecule has 0 aromatic carbocycles. The Morgan fingerprint density at radius 1 is 1.35 bits per heavy atom. The summed E-state index contributed by atoms with van der Waals surface area (Å²) >= 11 is 0. The van der Waals surface area contributed by atoms with E-state index >= 15 is 0 Å². The Morgan fingerprint density at radius 2 is 2.00 bits per heavy atom. The summed E-state index contributed by atoms with van der Waals surface area (Å²) in [6, 6.07) is 3.62. The van der Waals surface area contributed by atoms with Crippen molar-refractivity contribution in [2.75, 3.05) is 17.7 Å². The molecule has 0 saturated heterocycles. The molecular weight excluding hydrogens is 254 g/mol. The number of pyridine rings is 1. The van der Waals surface area contributed by atoms with Crippen LogP contribution in [0.15, 0.2) is 12.1 Å². The van der Waals surface area contributed by atoms with Gasteiger partial charge in [-0.05, 0) is 45.7 Å². The zero-order chi connectivity index (χ0) is 14.8. The first-order chi connectivity index (χ1) is 9.34. The molecule has 5 nitrogen and oxygen atoms in total. The molecule has 1 aliphatic carbocycles. The molecule has 1 aromatic rings. The Bertz CT molecular complexity index is 463.